The highest BCUT2D eigenvalue weighted by molar-refractivity contribution is 6.29. The molecule has 0 radical (unpaired) electrons. The van der Waals surface area contributed by atoms with Crippen molar-refractivity contribution < 1.29 is 9.21 Å². The minimum absolute atomic E-state index is 0.00535. The van der Waals surface area contributed by atoms with E-state index in [4.69, 9.17) is 16.0 Å². The molecule has 0 bridgehead atoms. The smallest absolute Gasteiger partial charge is 0.228 e. The fraction of sp³-hybridized carbons (Fsp3) is 0.200. The number of aromatic nitrogens is 1. The lowest BCUT2D eigenvalue weighted by Gasteiger charge is -2.00. The van der Waals surface area contributed by atoms with Gasteiger partial charge in [-0.2, -0.15) is 0 Å². The van der Waals surface area contributed by atoms with Crippen LogP contribution in [0.15, 0.2) is 16.7 Å². The number of pyridine rings is 1. The van der Waals surface area contributed by atoms with Gasteiger partial charge in [0, 0.05) is 23.2 Å². The van der Waals surface area contributed by atoms with Crippen LogP contribution in [0.1, 0.15) is 22.8 Å². The summed E-state index contributed by atoms with van der Waals surface area (Å²) in [7, 11) is 0. The van der Waals surface area contributed by atoms with E-state index in [9.17, 15) is 4.79 Å². The van der Waals surface area contributed by atoms with E-state index in [0.717, 1.165) is 10.9 Å². The van der Waals surface area contributed by atoms with Crippen LogP contribution in [0.2, 0.25) is 5.22 Å². The Morgan fingerprint density at radius 1 is 1.57 bits per heavy atom. The van der Waals surface area contributed by atoms with E-state index >= 15 is 0 Å². The van der Waals surface area contributed by atoms with E-state index < -0.39 is 0 Å². The summed E-state index contributed by atoms with van der Waals surface area (Å²) in [4.78, 5) is 15.2. The predicted octanol–water partition coefficient (Wildman–Crippen LogP) is 2.99. The van der Waals surface area contributed by atoms with E-state index in [1.165, 1.54) is 13.1 Å². The maximum atomic E-state index is 11.2. The van der Waals surface area contributed by atoms with E-state index in [0.29, 0.717) is 11.3 Å². The molecule has 2 rings (SSSR count). The zero-order valence-electron chi connectivity index (χ0n) is 7.80. The van der Waals surface area contributed by atoms with Gasteiger partial charge < -0.3 is 4.42 Å². The number of hydrogen-bond acceptors (Lipinski definition) is 3. The Hall–Kier alpha value is -1.35. The number of Topliss-reactive ketones (excluding diaryl/α,β-unsaturated/α-hetero) is 1. The average molecular weight is 210 g/mol. The minimum Gasteiger partial charge on any atom is -0.426 e. The molecule has 0 unspecified atom stereocenters. The fourth-order valence-electron chi connectivity index (χ4n) is 1.44. The second-order valence-corrected chi connectivity index (χ2v) is 3.49. The fourth-order valence-corrected chi connectivity index (χ4v) is 1.62. The lowest BCUT2D eigenvalue weighted by Crippen LogP contribution is -1.97. The largest absolute Gasteiger partial charge is 0.426 e. The Balaban J connectivity index is 2.80. The van der Waals surface area contributed by atoms with Crippen LogP contribution >= 0.6 is 11.6 Å². The lowest BCUT2D eigenvalue weighted by molar-refractivity contribution is 0.101. The minimum atomic E-state index is -0.00535. The Labute approximate surface area is 85.7 Å². The Morgan fingerprint density at radius 3 is 2.93 bits per heavy atom. The molecule has 0 atom stereocenters. The van der Waals surface area contributed by atoms with Crippen LogP contribution in [-0.2, 0) is 0 Å². The van der Waals surface area contributed by atoms with Crippen LogP contribution < -0.4 is 0 Å². The molecule has 3 nitrogen and oxygen atoms in total. The molecule has 2 aromatic heterocycles. The molecule has 0 amide bonds. The summed E-state index contributed by atoms with van der Waals surface area (Å²) in [5.41, 5.74) is 1.94. The number of nitrogens with zero attached hydrogens (tertiary/aromatic N) is 1. The van der Waals surface area contributed by atoms with E-state index in [-0.39, 0.29) is 11.0 Å². The zero-order chi connectivity index (χ0) is 10.3. The molecule has 0 aromatic carbocycles. The highest BCUT2D eigenvalue weighted by Gasteiger charge is 2.11. The van der Waals surface area contributed by atoms with Gasteiger partial charge >= 0.3 is 0 Å². The predicted molar refractivity (Wildman–Crippen MR) is 53.8 cm³/mol. The molecule has 0 aliphatic heterocycles. The molecule has 0 saturated heterocycles. The van der Waals surface area contributed by atoms with Crippen molar-refractivity contribution in [2.24, 2.45) is 0 Å². The summed E-state index contributed by atoms with van der Waals surface area (Å²) in [5, 5.41) is 1.08. The standard InChI is InChI=1S/C10H8ClNO2/c1-5-7-3-9(11)14-10(7)12-4-8(5)6(2)13/h3-4H,1-2H3. The summed E-state index contributed by atoms with van der Waals surface area (Å²) in [6.07, 6.45) is 1.51. The van der Waals surface area contributed by atoms with Crippen molar-refractivity contribution in [3.63, 3.8) is 0 Å². The summed E-state index contributed by atoms with van der Waals surface area (Å²) in [6, 6.07) is 1.67. The van der Waals surface area contributed by atoms with Crippen LogP contribution in [0.3, 0.4) is 0 Å². The topological polar surface area (TPSA) is 43.1 Å². The number of furan rings is 1. The van der Waals surface area contributed by atoms with Gasteiger partial charge in [0.15, 0.2) is 11.0 Å². The molecule has 0 aliphatic rings. The van der Waals surface area contributed by atoms with Crippen molar-refractivity contribution in [2.45, 2.75) is 13.8 Å². The normalized spacial score (nSPS) is 10.8. The monoisotopic (exact) mass is 209 g/mol. The average Bonchev–Trinajstić information content (AvgIpc) is 2.46. The summed E-state index contributed by atoms with van der Waals surface area (Å²) in [5.74, 6) is -0.00535. The summed E-state index contributed by atoms with van der Waals surface area (Å²) < 4.78 is 5.13. The van der Waals surface area contributed by atoms with Crippen LogP contribution in [0.5, 0.6) is 0 Å². The molecular formula is C10H8ClNO2. The van der Waals surface area contributed by atoms with Crippen molar-refractivity contribution in [3.05, 3.63) is 28.6 Å². The van der Waals surface area contributed by atoms with Gasteiger partial charge in [0.25, 0.3) is 0 Å². The number of hydrogen-bond donors (Lipinski definition) is 0. The van der Waals surface area contributed by atoms with Gasteiger partial charge in [0.1, 0.15) is 0 Å². The van der Waals surface area contributed by atoms with Gasteiger partial charge in [-0.05, 0) is 31.0 Å². The molecule has 14 heavy (non-hydrogen) atoms. The van der Waals surface area contributed by atoms with Gasteiger partial charge in [0.05, 0.1) is 0 Å². The zero-order valence-corrected chi connectivity index (χ0v) is 8.55. The highest BCUT2D eigenvalue weighted by Crippen LogP contribution is 2.25. The van der Waals surface area contributed by atoms with E-state index in [1.54, 1.807) is 6.07 Å². The third-order valence-corrected chi connectivity index (χ3v) is 2.37. The van der Waals surface area contributed by atoms with Gasteiger partial charge in [-0.3, -0.25) is 4.79 Å². The second kappa shape index (κ2) is 3.10. The molecular weight excluding hydrogens is 202 g/mol. The van der Waals surface area contributed by atoms with Gasteiger partial charge in [-0.1, -0.05) is 0 Å². The number of rotatable bonds is 1. The van der Waals surface area contributed by atoms with Crippen LogP contribution in [0, 0.1) is 6.92 Å². The van der Waals surface area contributed by atoms with Crippen LogP contribution in [0.4, 0.5) is 0 Å². The van der Waals surface area contributed by atoms with Crippen LogP contribution in [0.25, 0.3) is 11.1 Å². The highest BCUT2D eigenvalue weighted by atomic mass is 35.5. The van der Waals surface area contributed by atoms with Crippen molar-refractivity contribution in [1.82, 2.24) is 4.98 Å². The molecule has 0 aliphatic carbocycles. The maximum Gasteiger partial charge on any atom is 0.228 e. The third-order valence-electron chi connectivity index (χ3n) is 2.18. The van der Waals surface area contributed by atoms with E-state index in [2.05, 4.69) is 4.98 Å². The van der Waals surface area contributed by atoms with Gasteiger partial charge in [0.2, 0.25) is 5.71 Å². The first kappa shape index (κ1) is 9.21. The molecule has 2 aromatic rings. The van der Waals surface area contributed by atoms with E-state index in [1.807, 2.05) is 6.92 Å². The molecule has 0 fully saturated rings. The van der Waals surface area contributed by atoms with Gasteiger partial charge in [-0.25, -0.2) is 4.98 Å². The first-order valence-electron chi connectivity index (χ1n) is 4.15. The number of fused-ring (bicyclic) bond motifs is 1. The van der Waals surface area contributed by atoms with Crippen LogP contribution in [-0.4, -0.2) is 10.8 Å². The number of aryl methyl sites for hydroxylation is 1. The second-order valence-electron chi connectivity index (χ2n) is 3.12. The SMILES string of the molecule is CC(=O)c1cnc2oc(Cl)cc2c1C. The van der Waals surface area contributed by atoms with Gasteiger partial charge in [-0.15, -0.1) is 0 Å². The number of carbonyl (C=O) groups is 1. The quantitative estimate of drug-likeness (QED) is 0.678. The summed E-state index contributed by atoms with van der Waals surface area (Å²) in [6.45, 7) is 3.37. The summed E-state index contributed by atoms with van der Waals surface area (Å²) >= 11 is 5.70. The molecule has 0 spiro atoms. The molecule has 4 heteroatoms. The maximum absolute atomic E-state index is 11.2. The molecule has 0 N–H and O–H groups in total. The first-order chi connectivity index (χ1) is 6.59. The molecule has 0 saturated carbocycles. The third kappa shape index (κ3) is 1.30. The molecule has 72 valence electrons. The number of ketones is 1. The Kier molecular flexibility index (Phi) is 2.04. The van der Waals surface area contributed by atoms with Crippen molar-refractivity contribution >= 4 is 28.5 Å². The van der Waals surface area contributed by atoms with Crippen molar-refractivity contribution in [3.8, 4) is 0 Å². The van der Waals surface area contributed by atoms with Crippen molar-refractivity contribution in [2.75, 3.05) is 0 Å². The van der Waals surface area contributed by atoms with Crippen molar-refractivity contribution in [1.29, 1.82) is 0 Å². The first-order valence-corrected chi connectivity index (χ1v) is 4.53. The number of halogens is 1. The Bertz CT molecular complexity index is 516. The number of carbonyl (C=O) groups excluding carboxylic acids is 1. The molecule has 2 heterocycles. The lowest BCUT2D eigenvalue weighted by atomic mass is 10.1. The Morgan fingerprint density at radius 2 is 2.29 bits per heavy atom.